The van der Waals surface area contributed by atoms with Gasteiger partial charge in [-0.1, -0.05) is 25.5 Å². The minimum atomic E-state index is 0.571. The summed E-state index contributed by atoms with van der Waals surface area (Å²) < 4.78 is 5.85. The van der Waals surface area contributed by atoms with Gasteiger partial charge in [0.1, 0.15) is 12.4 Å². The Morgan fingerprint density at radius 1 is 1.30 bits per heavy atom. The molecule has 0 spiro atoms. The Hall–Kier alpha value is -1.06. The quantitative estimate of drug-likeness (QED) is 0.868. The van der Waals surface area contributed by atoms with Crippen LogP contribution in [-0.2, 0) is 6.54 Å². The van der Waals surface area contributed by atoms with Gasteiger partial charge in [-0.2, -0.15) is 0 Å². The maximum Gasteiger partial charge on any atom is 0.119 e. The van der Waals surface area contributed by atoms with Crippen molar-refractivity contribution in [3.05, 3.63) is 29.8 Å². The zero-order valence-electron chi connectivity index (χ0n) is 12.7. The summed E-state index contributed by atoms with van der Waals surface area (Å²) in [6.45, 7) is 7.14. The fraction of sp³-hybridized carbons (Fsp3) is 0.647. The number of nitrogens with zero attached hydrogens (tertiary/aromatic N) is 1. The number of ether oxygens (including phenoxy) is 1. The third kappa shape index (κ3) is 4.80. The number of hydrogen-bond acceptors (Lipinski definition) is 3. The first-order chi connectivity index (χ1) is 9.81. The molecule has 3 nitrogen and oxygen atoms in total. The van der Waals surface area contributed by atoms with E-state index >= 15 is 0 Å². The second-order valence-electron chi connectivity index (χ2n) is 5.75. The zero-order valence-corrected chi connectivity index (χ0v) is 12.7. The molecule has 0 bridgehead atoms. The third-order valence-electron chi connectivity index (χ3n) is 4.33. The van der Waals surface area contributed by atoms with Gasteiger partial charge < -0.3 is 10.5 Å². The molecule has 0 radical (unpaired) electrons. The smallest absolute Gasteiger partial charge is 0.119 e. The molecule has 1 aromatic carbocycles. The fourth-order valence-corrected chi connectivity index (χ4v) is 2.91. The van der Waals surface area contributed by atoms with Crippen LogP contribution >= 0.6 is 0 Å². The molecule has 3 heteroatoms. The lowest BCUT2D eigenvalue weighted by atomic mass is 9.98. The predicted molar refractivity (Wildman–Crippen MR) is 83.9 cm³/mol. The fourth-order valence-electron chi connectivity index (χ4n) is 2.91. The molecule has 1 aliphatic heterocycles. The summed E-state index contributed by atoms with van der Waals surface area (Å²) in [6, 6.07) is 8.09. The minimum absolute atomic E-state index is 0.571. The second kappa shape index (κ2) is 8.28. The maximum atomic E-state index is 5.85. The molecular weight excluding hydrogens is 248 g/mol. The van der Waals surface area contributed by atoms with Gasteiger partial charge in [0.15, 0.2) is 0 Å². The van der Waals surface area contributed by atoms with Crippen molar-refractivity contribution in [2.75, 3.05) is 26.2 Å². The van der Waals surface area contributed by atoms with Gasteiger partial charge in [-0.3, -0.25) is 4.90 Å². The topological polar surface area (TPSA) is 38.5 Å². The summed E-state index contributed by atoms with van der Waals surface area (Å²) in [7, 11) is 0. The first-order valence-corrected chi connectivity index (χ1v) is 7.96. The lowest BCUT2D eigenvalue weighted by Gasteiger charge is -2.20. The Balaban J connectivity index is 1.72. The molecule has 0 aliphatic carbocycles. The zero-order chi connectivity index (χ0) is 14.2. The maximum absolute atomic E-state index is 5.85. The van der Waals surface area contributed by atoms with E-state index in [-0.39, 0.29) is 0 Å². The SMILES string of the molecule is CCC1CCCN(CCOc2cccc(CN)c2)CC1. The highest BCUT2D eigenvalue weighted by molar-refractivity contribution is 5.28. The number of hydrogen-bond donors (Lipinski definition) is 1. The van der Waals surface area contributed by atoms with E-state index in [2.05, 4.69) is 11.8 Å². The van der Waals surface area contributed by atoms with Crippen LogP contribution in [0.3, 0.4) is 0 Å². The van der Waals surface area contributed by atoms with E-state index in [1.807, 2.05) is 24.3 Å². The number of nitrogens with two attached hydrogens (primary N) is 1. The normalized spacial score (nSPS) is 20.6. The number of rotatable bonds is 6. The summed E-state index contributed by atoms with van der Waals surface area (Å²) in [5.74, 6) is 1.87. The van der Waals surface area contributed by atoms with E-state index < -0.39 is 0 Å². The van der Waals surface area contributed by atoms with Gasteiger partial charge in [0, 0.05) is 13.1 Å². The monoisotopic (exact) mass is 276 g/mol. The highest BCUT2D eigenvalue weighted by Crippen LogP contribution is 2.20. The van der Waals surface area contributed by atoms with Crippen LogP contribution in [0.25, 0.3) is 0 Å². The summed E-state index contributed by atoms with van der Waals surface area (Å²) in [5, 5.41) is 0. The highest BCUT2D eigenvalue weighted by atomic mass is 16.5. The van der Waals surface area contributed by atoms with Crippen molar-refractivity contribution in [2.24, 2.45) is 11.7 Å². The van der Waals surface area contributed by atoms with Crippen molar-refractivity contribution in [1.82, 2.24) is 4.90 Å². The van der Waals surface area contributed by atoms with Crippen LogP contribution in [-0.4, -0.2) is 31.1 Å². The van der Waals surface area contributed by atoms with Gasteiger partial charge in [0.25, 0.3) is 0 Å². The van der Waals surface area contributed by atoms with Crippen molar-refractivity contribution in [1.29, 1.82) is 0 Å². The van der Waals surface area contributed by atoms with Crippen molar-refractivity contribution in [3.8, 4) is 5.75 Å². The van der Waals surface area contributed by atoms with Gasteiger partial charge in [-0.25, -0.2) is 0 Å². The third-order valence-corrected chi connectivity index (χ3v) is 4.33. The molecule has 1 saturated heterocycles. The lowest BCUT2D eigenvalue weighted by Crippen LogP contribution is -2.29. The lowest BCUT2D eigenvalue weighted by molar-refractivity contribution is 0.212. The van der Waals surface area contributed by atoms with Crippen molar-refractivity contribution in [3.63, 3.8) is 0 Å². The summed E-state index contributed by atoms with van der Waals surface area (Å²) in [6.07, 6.45) is 5.41. The van der Waals surface area contributed by atoms with E-state index in [0.29, 0.717) is 6.54 Å². The Morgan fingerprint density at radius 2 is 2.20 bits per heavy atom. The van der Waals surface area contributed by atoms with Gasteiger partial charge in [0.2, 0.25) is 0 Å². The molecule has 1 aromatic rings. The van der Waals surface area contributed by atoms with Crippen LogP contribution in [0.1, 0.15) is 38.2 Å². The molecule has 2 rings (SSSR count). The standard InChI is InChI=1S/C17H28N2O/c1-2-15-6-4-9-19(10-8-15)11-12-20-17-7-3-5-16(13-17)14-18/h3,5,7,13,15H,2,4,6,8-12,14,18H2,1H3. The molecule has 1 aliphatic rings. The molecular formula is C17H28N2O. The van der Waals surface area contributed by atoms with Gasteiger partial charge in [0.05, 0.1) is 0 Å². The average molecular weight is 276 g/mol. The minimum Gasteiger partial charge on any atom is -0.492 e. The molecule has 0 amide bonds. The van der Waals surface area contributed by atoms with Crippen molar-refractivity contribution < 1.29 is 4.74 Å². The Kier molecular flexibility index (Phi) is 6.34. The van der Waals surface area contributed by atoms with Crippen LogP contribution in [0.5, 0.6) is 5.75 Å². The van der Waals surface area contributed by atoms with E-state index in [1.54, 1.807) is 0 Å². The molecule has 1 atom stereocenters. The Labute approximate surface area is 123 Å². The van der Waals surface area contributed by atoms with E-state index in [4.69, 9.17) is 10.5 Å². The van der Waals surface area contributed by atoms with E-state index in [0.717, 1.165) is 30.4 Å². The van der Waals surface area contributed by atoms with Crippen LogP contribution in [0, 0.1) is 5.92 Å². The van der Waals surface area contributed by atoms with E-state index in [9.17, 15) is 0 Å². The molecule has 20 heavy (non-hydrogen) atoms. The molecule has 1 fully saturated rings. The molecule has 1 unspecified atom stereocenters. The van der Waals surface area contributed by atoms with Crippen LogP contribution in [0.2, 0.25) is 0 Å². The molecule has 2 N–H and O–H groups in total. The summed E-state index contributed by atoms with van der Waals surface area (Å²) in [5.41, 5.74) is 6.77. The van der Waals surface area contributed by atoms with Gasteiger partial charge >= 0.3 is 0 Å². The summed E-state index contributed by atoms with van der Waals surface area (Å²) >= 11 is 0. The van der Waals surface area contributed by atoms with E-state index in [1.165, 1.54) is 38.8 Å². The average Bonchev–Trinajstić information content (AvgIpc) is 2.73. The van der Waals surface area contributed by atoms with Crippen LogP contribution in [0.15, 0.2) is 24.3 Å². The number of benzene rings is 1. The number of likely N-dealkylation sites (tertiary alicyclic amines) is 1. The molecule has 0 saturated carbocycles. The largest absolute Gasteiger partial charge is 0.492 e. The van der Waals surface area contributed by atoms with Crippen molar-refractivity contribution in [2.45, 2.75) is 39.2 Å². The highest BCUT2D eigenvalue weighted by Gasteiger charge is 2.15. The summed E-state index contributed by atoms with van der Waals surface area (Å²) in [4.78, 5) is 2.54. The molecule has 112 valence electrons. The predicted octanol–water partition coefficient (Wildman–Crippen LogP) is 3.04. The Bertz CT molecular complexity index is 394. The first kappa shape index (κ1) is 15.3. The Morgan fingerprint density at radius 3 is 3.00 bits per heavy atom. The van der Waals surface area contributed by atoms with Gasteiger partial charge in [-0.05, 0) is 56.0 Å². The first-order valence-electron chi connectivity index (χ1n) is 7.96. The molecule has 0 aromatic heterocycles. The van der Waals surface area contributed by atoms with Gasteiger partial charge in [-0.15, -0.1) is 0 Å². The van der Waals surface area contributed by atoms with Crippen LogP contribution in [0.4, 0.5) is 0 Å². The molecule has 1 heterocycles. The second-order valence-corrected chi connectivity index (χ2v) is 5.75. The van der Waals surface area contributed by atoms with Crippen LogP contribution < -0.4 is 10.5 Å². The van der Waals surface area contributed by atoms with Crippen molar-refractivity contribution >= 4 is 0 Å².